The summed E-state index contributed by atoms with van der Waals surface area (Å²) in [6.07, 6.45) is 7.37. The third-order valence-corrected chi connectivity index (χ3v) is 2.20. The van der Waals surface area contributed by atoms with Crippen LogP contribution < -0.4 is 10.4 Å². The molecule has 0 fully saturated rings. The predicted molar refractivity (Wildman–Crippen MR) is 77.0 cm³/mol. The molecule has 9 nitrogen and oxygen atoms in total. The molecule has 23 heavy (non-hydrogen) atoms. The molecule has 0 saturated carbocycles. The topological polar surface area (TPSA) is 149 Å². The average Bonchev–Trinajstić information content (AvgIpc) is 3.01. The minimum atomic E-state index is -1.51. The van der Waals surface area contributed by atoms with Crippen molar-refractivity contribution in [1.82, 2.24) is 9.97 Å². The van der Waals surface area contributed by atoms with Crippen LogP contribution in [0.15, 0.2) is 37.3 Å². The Bertz CT molecular complexity index is 509. The van der Waals surface area contributed by atoms with Gasteiger partial charge in [0.15, 0.2) is 0 Å². The molecule has 0 unspecified atom stereocenters. The quantitative estimate of drug-likeness (QED) is 0.302. The van der Waals surface area contributed by atoms with E-state index in [0.717, 1.165) is 18.5 Å². The van der Waals surface area contributed by atoms with Crippen molar-refractivity contribution in [2.75, 3.05) is 13.2 Å². The number of aryl methyl sites for hydroxylation is 1. The van der Waals surface area contributed by atoms with Crippen LogP contribution in [0.1, 0.15) is 12.1 Å². The van der Waals surface area contributed by atoms with Crippen LogP contribution >= 0.6 is 0 Å². The number of carboxylic acid groups (broad SMARTS) is 2. The van der Waals surface area contributed by atoms with Crippen molar-refractivity contribution in [3.8, 4) is 0 Å². The molecule has 0 radical (unpaired) electrons. The van der Waals surface area contributed by atoms with E-state index in [-0.39, 0.29) is 6.09 Å². The number of aromatic amines is 1. The largest absolute Gasteiger partial charge is 0.545 e. The van der Waals surface area contributed by atoms with E-state index in [9.17, 15) is 19.5 Å². The zero-order valence-corrected chi connectivity index (χ0v) is 12.4. The summed E-state index contributed by atoms with van der Waals surface area (Å²) in [4.78, 5) is 36.9. The number of aliphatic carboxylic acids is 2. The summed E-state index contributed by atoms with van der Waals surface area (Å²) in [5.41, 5.74) is 1.06. The molecule has 1 aromatic heterocycles. The van der Waals surface area contributed by atoms with Gasteiger partial charge in [0.25, 0.3) is 0 Å². The van der Waals surface area contributed by atoms with Gasteiger partial charge < -0.3 is 24.7 Å². The van der Waals surface area contributed by atoms with Crippen LogP contribution in [0.25, 0.3) is 0 Å². The van der Waals surface area contributed by atoms with Gasteiger partial charge in [-0.25, -0.2) is 15.1 Å². The van der Waals surface area contributed by atoms with Crippen molar-refractivity contribution in [3.05, 3.63) is 43.0 Å². The summed E-state index contributed by atoms with van der Waals surface area (Å²) in [7, 11) is 0. The van der Waals surface area contributed by atoms with Crippen LogP contribution in [-0.4, -0.2) is 46.3 Å². The molecule has 0 spiro atoms. The lowest BCUT2D eigenvalue weighted by Gasteiger charge is -2.00. The number of nitrogens with zero attached hydrogens (tertiary/aromatic N) is 1. The second-order valence-corrected chi connectivity index (χ2v) is 4.07. The van der Waals surface area contributed by atoms with Crippen molar-refractivity contribution >= 4 is 18.0 Å². The molecule has 0 aliphatic rings. The number of amides is 1. The van der Waals surface area contributed by atoms with Crippen LogP contribution in [0, 0.1) is 0 Å². The Labute approximate surface area is 132 Å². The highest BCUT2D eigenvalue weighted by atomic mass is 16.5. The predicted octanol–water partition coefficient (Wildman–Crippen LogP) is -1.39. The van der Waals surface area contributed by atoms with Crippen molar-refractivity contribution in [3.63, 3.8) is 0 Å². The van der Waals surface area contributed by atoms with E-state index < -0.39 is 11.9 Å². The van der Waals surface area contributed by atoms with Crippen molar-refractivity contribution in [1.29, 1.82) is 0 Å². The first-order valence-corrected chi connectivity index (χ1v) is 6.65. The fourth-order valence-electron chi connectivity index (χ4n) is 1.23. The summed E-state index contributed by atoms with van der Waals surface area (Å²) in [5.74, 6) is -2.80. The molecular weight excluding hydrogens is 306 g/mol. The number of carbonyl (C=O) groups is 3. The lowest BCUT2D eigenvalue weighted by molar-refractivity contribution is -0.560. The van der Waals surface area contributed by atoms with E-state index in [2.05, 4.69) is 16.5 Å². The Kier molecular flexibility index (Phi) is 11.1. The second-order valence-electron chi connectivity index (χ2n) is 4.07. The number of nitrogens with one attached hydrogen (secondary N) is 1. The minimum Gasteiger partial charge on any atom is -0.545 e. The van der Waals surface area contributed by atoms with Gasteiger partial charge in [0.05, 0.1) is 18.9 Å². The molecular formula is C14H19N3O6. The molecule has 0 aromatic carbocycles. The van der Waals surface area contributed by atoms with E-state index in [4.69, 9.17) is 9.84 Å². The molecule has 9 heteroatoms. The summed E-state index contributed by atoms with van der Waals surface area (Å²) >= 11 is 0. The number of imidazole rings is 1. The van der Waals surface area contributed by atoms with E-state index in [1.165, 1.54) is 5.32 Å². The summed E-state index contributed by atoms with van der Waals surface area (Å²) in [5, 5.41) is 18.7. The second kappa shape index (κ2) is 12.8. The van der Waals surface area contributed by atoms with Gasteiger partial charge in [0.2, 0.25) is 0 Å². The van der Waals surface area contributed by atoms with Crippen LogP contribution in [0.5, 0.6) is 0 Å². The third-order valence-electron chi connectivity index (χ3n) is 2.20. The van der Waals surface area contributed by atoms with Gasteiger partial charge in [-0.1, -0.05) is 6.58 Å². The van der Waals surface area contributed by atoms with Gasteiger partial charge in [-0.05, 0) is 25.0 Å². The minimum absolute atomic E-state index is 0.278. The molecule has 0 bridgehead atoms. The monoisotopic (exact) mass is 325 g/mol. The Morgan fingerprint density at radius 3 is 2.65 bits per heavy atom. The summed E-state index contributed by atoms with van der Waals surface area (Å²) in [6.45, 7) is 4.50. The first-order valence-electron chi connectivity index (χ1n) is 6.65. The first-order chi connectivity index (χ1) is 11.0. The fourth-order valence-corrected chi connectivity index (χ4v) is 1.23. The molecule has 1 aromatic rings. The lowest BCUT2D eigenvalue weighted by atomic mass is 10.3. The maximum Gasteiger partial charge on any atom is 0.512 e. The number of H-pyrrole nitrogens is 1. The average molecular weight is 325 g/mol. The number of nitrogens with two attached hydrogens (primary N) is 1. The van der Waals surface area contributed by atoms with Gasteiger partial charge >= 0.3 is 12.1 Å². The number of hydrogen-bond acceptors (Lipinski definition) is 6. The number of ether oxygens (including phenoxy) is 1. The first kappa shape index (κ1) is 20.1. The Balaban J connectivity index is 0.000000515. The normalized spacial score (nSPS) is 9.74. The maximum atomic E-state index is 11.0. The van der Waals surface area contributed by atoms with Gasteiger partial charge in [-0.2, -0.15) is 4.79 Å². The van der Waals surface area contributed by atoms with Crippen LogP contribution in [-0.2, 0) is 20.7 Å². The van der Waals surface area contributed by atoms with Crippen molar-refractivity contribution < 1.29 is 34.7 Å². The number of carbonyl (C=O) groups excluding carboxylic acids is 2. The number of rotatable bonds is 8. The van der Waals surface area contributed by atoms with Crippen LogP contribution in [0.4, 0.5) is 4.79 Å². The van der Waals surface area contributed by atoms with E-state index in [1.54, 1.807) is 18.6 Å². The van der Waals surface area contributed by atoms with Gasteiger partial charge in [0, 0.05) is 18.0 Å². The lowest BCUT2D eigenvalue weighted by Crippen LogP contribution is -2.87. The molecule has 0 aliphatic carbocycles. The summed E-state index contributed by atoms with van der Waals surface area (Å²) < 4.78 is 4.97. The number of hydrogen-bond donors (Lipinski definition) is 3. The number of aromatic nitrogens is 2. The smallest absolute Gasteiger partial charge is 0.512 e. The van der Waals surface area contributed by atoms with Gasteiger partial charge in [-0.15, -0.1) is 0 Å². The highest BCUT2D eigenvalue weighted by molar-refractivity contribution is 5.88. The number of quaternary nitrogens is 1. The van der Waals surface area contributed by atoms with E-state index >= 15 is 0 Å². The SMILES string of the molecule is C=CC[NH2+]C(=O)OCCCc1cnc[nH]1.O=C([O-])/C=C\C(=O)O. The highest BCUT2D eigenvalue weighted by Crippen LogP contribution is 1.96. The molecule has 0 aliphatic heterocycles. The van der Waals surface area contributed by atoms with E-state index in [0.29, 0.717) is 25.3 Å². The molecule has 1 amide bonds. The molecule has 0 atom stereocenters. The molecule has 1 rings (SSSR count). The van der Waals surface area contributed by atoms with Gasteiger partial charge in [-0.3, -0.25) is 0 Å². The third kappa shape index (κ3) is 13.8. The standard InChI is InChI=1S/C10H15N3O2.C4H4O4/c1-2-5-12-10(14)15-6-3-4-9-7-11-8-13-9;5-3(6)1-2-4(7)8/h2,7-8H,1,3-6H2,(H,11,13)(H,12,14);1-2H,(H,5,6)(H,7,8)/b;2-1-. The molecule has 0 saturated heterocycles. The van der Waals surface area contributed by atoms with Crippen molar-refractivity contribution in [2.24, 2.45) is 0 Å². The Morgan fingerprint density at radius 1 is 1.43 bits per heavy atom. The molecule has 1 heterocycles. The van der Waals surface area contributed by atoms with Crippen LogP contribution in [0.3, 0.4) is 0 Å². The Morgan fingerprint density at radius 2 is 2.17 bits per heavy atom. The van der Waals surface area contributed by atoms with Gasteiger partial charge in [0.1, 0.15) is 6.54 Å². The van der Waals surface area contributed by atoms with Crippen LogP contribution in [0.2, 0.25) is 0 Å². The van der Waals surface area contributed by atoms with Crippen molar-refractivity contribution in [2.45, 2.75) is 12.8 Å². The fraction of sp³-hybridized carbons (Fsp3) is 0.286. The van der Waals surface area contributed by atoms with E-state index in [1.807, 2.05) is 0 Å². The maximum absolute atomic E-state index is 11.0. The highest BCUT2D eigenvalue weighted by Gasteiger charge is 2.04. The molecule has 4 N–H and O–H groups in total. The zero-order chi connectivity index (χ0) is 17.5. The Hall–Kier alpha value is -2.94. The zero-order valence-electron chi connectivity index (χ0n) is 12.4. The molecule has 126 valence electrons. The summed E-state index contributed by atoms with van der Waals surface area (Å²) in [6, 6.07) is 0. The number of carboxylic acids is 2. The number of primary amides is 1.